The van der Waals surface area contributed by atoms with Gasteiger partial charge in [0, 0.05) is 28.7 Å². The van der Waals surface area contributed by atoms with Gasteiger partial charge >= 0.3 is 0 Å². The zero-order chi connectivity index (χ0) is 15.0. The van der Waals surface area contributed by atoms with Crippen LogP contribution in [0.1, 0.15) is 26.4 Å². The van der Waals surface area contributed by atoms with Crippen LogP contribution < -0.4 is 16.5 Å². The summed E-state index contributed by atoms with van der Waals surface area (Å²) in [6.45, 7) is -0.0232. The number of aliphatic hydroxyl groups is 1. The van der Waals surface area contributed by atoms with Gasteiger partial charge in [-0.25, -0.2) is 5.43 Å². The number of nitrogen functional groups attached to an aromatic ring is 1. The van der Waals surface area contributed by atoms with Gasteiger partial charge in [0.15, 0.2) is 0 Å². The van der Waals surface area contributed by atoms with Gasteiger partial charge in [-0.2, -0.15) is 5.10 Å². The molecular formula is C13H14ClN5O3. The summed E-state index contributed by atoms with van der Waals surface area (Å²) in [6, 6.07) is 3.19. The first-order valence-corrected chi connectivity index (χ1v) is 6.29. The summed E-state index contributed by atoms with van der Waals surface area (Å²) in [5.74, 6) is -0.774. The van der Waals surface area contributed by atoms with Crippen molar-refractivity contribution in [3.8, 4) is 0 Å². The standard InChI is InChI=1S/C13H13N5O3.ClH/c14-6-3-7-10-8(5-16-18-12(7)20)11(17-9(10)4-6)13(21)15-1-2-19;/h3-5,17,19H,1-2,14H2,(H,15,21)(H,18,20);1H. The molecule has 8 nitrogen and oxygen atoms in total. The van der Waals surface area contributed by atoms with E-state index < -0.39 is 0 Å². The summed E-state index contributed by atoms with van der Waals surface area (Å²) in [6.07, 6.45) is 1.41. The summed E-state index contributed by atoms with van der Waals surface area (Å²) in [5, 5.41) is 15.7. The summed E-state index contributed by atoms with van der Waals surface area (Å²) in [4.78, 5) is 27.0. The van der Waals surface area contributed by atoms with Crippen molar-refractivity contribution >= 4 is 47.0 Å². The molecule has 116 valence electrons. The molecule has 3 rings (SSSR count). The lowest BCUT2D eigenvalue weighted by molar-refractivity contribution is 0.0937. The van der Waals surface area contributed by atoms with Crippen molar-refractivity contribution in [2.45, 2.75) is 0 Å². The average molecular weight is 324 g/mol. The van der Waals surface area contributed by atoms with Crippen molar-refractivity contribution in [2.24, 2.45) is 5.10 Å². The molecular weight excluding hydrogens is 310 g/mol. The molecule has 0 saturated heterocycles. The summed E-state index contributed by atoms with van der Waals surface area (Å²) in [5.41, 5.74) is 10.3. The molecule has 1 aromatic heterocycles. The molecule has 0 saturated carbocycles. The van der Waals surface area contributed by atoms with Crippen molar-refractivity contribution in [1.82, 2.24) is 15.7 Å². The molecule has 22 heavy (non-hydrogen) atoms. The van der Waals surface area contributed by atoms with E-state index >= 15 is 0 Å². The van der Waals surface area contributed by atoms with Crippen LogP contribution in [0.4, 0.5) is 5.69 Å². The number of aliphatic hydroxyl groups excluding tert-OH is 1. The number of nitrogens with zero attached hydrogens (tertiary/aromatic N) is 1. The third-order valence-corrected chi connectivity index (χ3v) is 3.19. The monoisotopic (exact) mass is 323 g/mol. The maximum atomic E-state index is 12.1. The van der Waals surface area contributed by atoms with E-state index in [0.29, 0.717) is 27.7 Å². The maximum absolute atomic E-state index is 12.1. The molecule has 0 radical (unpaired) electrons. The highest BCUT2D eigenvalue weighted by atomic mass is 35.5. The lowest BCUT2D eigenvalue weighted by atomic mass is 10.0. The highest BCUT2D eigenvalue weighted by Crippen LogP contribution is 2.28. The zero-order valence-corrected chi connectivity index (χ0v) is 12.2. The van der Waals surface area contributed by atoms with Gasteiger partial charge < -0.3 is 21.1 Å². The lowest BCUT2D eigenvalue weighted by Gasteiger charge is -2.02. The second-order valence-corrected chi connectivity index (χ2v) is 4.58. The molecule has 2 heterocycles. The fourth-order valence-electron chi connectivity index (χ4n) is 2.34. The number of H-pyrrole nitrogens is 1. The van der Waals surface area contributed by atoms with Gasteiger partial charge in [0.05, 0.1) is 18.4 Å². The molecule has 0 bridgehead atoms. The SMILES string of the molecule is Cl.Nc1cc2c3c(c(C(=O)NCCO)[nH]c3c1)C=NNC2=O. The molecule has 2 amide bonds. The minimum Gasteiger partial charge on any atom is -0.399 e. The molecule has 0 fully saturated rings. The molecule has 0 unspecified atom stereocenters. The third-order valence-electron chi connectivity index (χ3n) is 3.19. The number of anilines is 1. The fourth-order valence-corrected chi connectivity index (χ4v) is 2.34. The smallest absolute Gasteiger partial charge is 0.272 e. The van der Waals surface area contributed by atoms with Crippen molar-refractivity contribution in [3.05, 3.63) is 29.0 Å². The molecule has 6 N–H and O–H groups in total. The predicted molar refractivity (Wildman–Crippen MR) is 84.4 cm³/mol. The maximum Gasteiger partial charge on any atom is 0.272 e. The van der Waals surface area contributed by atoms with Gasteiger partial charge in [-0.05, 0) is 12.1 Å². The van der Waals surface area contributed by atoms with Crippen LogP contribution in [0.3, 0.4) is 0 Å². The van der Waals surface area contributed by atoms with E-state index in [9.17, 15) is 9.59 Å². The Balaban J connectivity index is 0.00000176. The Morgan fingerprint density at radius 3 is 2.91 bits per heavy atom. The number of amides is 2. The Morgan fingerprint density at radius 2 is 2.18 bits per heavy atom. The number of hydrazone groups is 1. The number of carbonyl (C=O) groups excluding carboxylic acids is 2. The minimum absolute atomic E-state index is 0. The van der Waals surface area contributed by atoms with Crippen LogP contribution in [0, 0.1) is 0 Å². The van der Waals surface area contributed by atoms with E-state index in [1.54, 1.807) is 12.1 Å². The molecule has 2 aromatic rings. The Morgan fingerprint density at radius 1 is 1.41 bits per heavy atom. The second-order valence-electron chi connectivity index (χ2n) is 4.58. The van der Waals surface area contributed by atoms with Gasteiger partial charge in [0.2, 0.25) is 0 Å². The summed E-state index contributed by atoms with van der Waals surface area (Å²) in [7, 11) is 0. The number of nitrogens with one attached hydrogen (secondary N) is 3. The van der Waals surface area contributed by atoms with Crippen LogP contribution in [0.25, 0.3) is 10.9 Å². The van der Waals surface area contributed by atoms with Gasteiger partial charge in [-0.15, -0.1) is 12.4 Å². The Labute approximate surface area is 131 Å². The van der Waals surface area contributed by atoms with Crippen LogP contribution in [-0.4, -0.2) is 41.3 Å². The number of benzene rings is 1. The average Bonchev–Trinajstić information content (AvgIpc) is 2.73. The van der Waals surface area contributed by atoms with Gasteiger partial charge in [0.25, 0.3) is 11.8 Å². The number of rotatable bonds is 3. The molecule has 1 aromatic carbocycles. The number of hydrogen-bond acceptors (Lipinski definition) is 5. The number of hydrogen-bond donors (Lipinski definition) is 5. The number of aromatic nitrogens is 1. The second kappa shape index (κ2) is 6.04. The van der Waals surface area contributed by atoms with Crippen LogP contribution in [0.15, 0.2) is 17.2 Å². The van der Waals surface area contributed by atoms with E-state index in [-0.39, 0.29) is 43.1 Å². The molecule has 0 aliphatic carbocycles. The fraction of sp³-hybridized carbons (Fsp3) is 0.154. The Kier molecular flexibility index (Phi) is 4.34. The molecule has 9 heteroatoms. The highest BCUT2D eigenvalue weighted by Gasteiger charge is 2.23. The molecule has 0 atom stereocenters. The van der Waals surface area contributed by atoms with Gasteiger partial charge in [0.1, 0.15) is 5.69 Å². The largest absolute Gasteiger partial charge is 0.399 e. The van der Waals surface area contributed by atoms with Crippen molar-refractivity contribution in [2.75, 3.05) is 18.9 Å². The Bertz CT molecular complexity index is 784. The normalized spacial score (nSPS) is 12.5. The predicted octanol–water partition coefficient (Wildman–Crippen LogP) is -0.0287. The van der Waals surface area contributed by atoms with Crippen molar-refractivity contribution < 1.29 is 14.7 Å². The van der Waals surface area contributed by atoms with E-state index in [1.807, 2.05) is 0 Å². The summed E-state index contributed by atoms with van der Waals surface area (Å²) >= 11 is 0. The molecule has 1 aliphatic heterocycles. The first-order chi connectivity index (χ1) is 10.1. The van der Waals surface area contributed by atoms with E-state index in [2.05, 4.69) is 20.8 Å². The van der Waals surface area contributed by atoms with Crippen molar-refractivity contribution in [3.63, 3.8) is 0 Å². The minimum atomic E-state index is -0.388. The van der Waals surface area contributed by atoms with Crippen LogP contribution in [-0.2, 0) is 0 Å². The number of halogens is 1. The number of carbonyl (C=O) groups is 2. The van der Waals surface area contributed by atoms with Crippen molar-refractivity contribution in [1.29, 1.82) is 0 Å². The molecule has 1 aliphatic rings. The van der Waals surface area contributed by atoms with Crippen LogP contribution in [0.2, 0.25) is 0 Å². The van der Waals surface area contributed by atoms with E-state index in [1.165, 1.54) is 6.21 Å². The lowest BCUT2D eigenvalue weighted by Crippen LogP contribution is -2.27. The molecule has 0 spiro atoms. The van der Waals surface area contributed by atoms with Gasteiger partial charge in [-0.1, -0.05) is 0 Å². The Hall–Kier alpha value is -2.58. The van der Waals surface area contributed by atoms with Crippen LogP contribution in [0.5, 0.6) is 0 Å². The first-order valence-electron chi connectivity index (χ1n) is 6.29. The first kappa shape index (κ1) is 15.8. The highest BCUT2D eigenvalue weighted by molar-refractivity contribution is 6.19. The zero-order valence-electron chi connectivity index (χ0n) is 11.3. The quantitative estimate of drug-likeness (QED) is 0.507. The topological polar surface area (TPSA) is 133 Å². The number of aromatic amines is 1. The van der Waals surface area contributed by atoms with E-state index in [4.69, 9.17) is 10.8 Å². The van der Waals surface area contributed by atoms with Crippen LogP contribution >= 0.6 is 12.4 Å². The third kappa shape index (κ3) is 2.49. The van der Waals surface area contributed by atoms with Gasteiger partial charge in [-0.3, -0.25) is 9.59 Å². The van der Waals surface area contributed by atoms with E-state index in [0.717, 1.165) is 0 Å². The number of nitrogens with two attached hydrogens (primary N) is 1. The summed E-state index contributed by atoms with van der Waals surface area (Å²) < 4.78 is 0.